The minimum Gasteiger partial charge on any atom is -0.465 e. The van der Waals surface area contributed by atoms with Crippen molar-refractivity contribution in [3.8, 4) is 0 Å². The molecule has 0 unspecified atom stereocenters. The van der Waals surface area contributed by atoms with E-state index in [4.69, 9.17) is 5.11 Å². The quantitative estimate of drug-likeness (QED) is 0.722. The van der Waals surface area contributed by atoms with Crippen molar-refractivity contribution in [2.45, 2.75) is 19.3 Å². The lowest BCUT2D eigenvalue weighted by atomic mass is 9.95. The van der Waals surface area contributed by atoms with E-state index in [1.807, 2.05) is 0 Å². The molecule has 0 aromatic carbocycles. The normalized spacial score (nSPS) is 24.7. The summed E-state index contributed by atoms with van der Waals surface area (Å²) in [5.41, 5.74) is 0. The monoisotopic (exact) mass is 198 g/mol. The van der Waals surface area contributed by atoms with Gasteiger partial charge in [0.25, 0.3) is 0 Å². The van der Waals surface area contributed by atoms with Crippen LogP contribution in [0.4, 0.5) is 4.79 Å². The fourth-order valence-electron chi connectivity index (χ4n) is 2.24. The van der Waals surface area contributed by atoms with E-state index in [0.29, 0.717) is 0 Å². The third-order valence-corrected chi connectivity index (χ3v) is 3.35. The number of likely N-dealkylation sites (tertiary alicyclic amines) is 2. The van der Waals surface area contributed by atoms with Gasteiger partial charge in [0.1, 0.15) is 0 Å². The van der Waals surface area contributed by atoms with E-state index < -0.39 is 6.09 Å². The summed E-state index contributed by atoms with van der Waals surface area (Å²) in [6.07, 6.45) is 2.67. The smallest absolute Gasteiger partial charge is 0.407 e. The summed E-state index contributed by atoms with van der Waals surface area (Å²) in [6.45, 7) is 5.15. The first-order chi connectivity index (χ1) is 6.75. The standard InChI is InChI=1S/C10H18N2O2/c13-10(14)12-6-2-9(3-7-12)8-11-4-1-5-11/h9H,1-8H2,(H,13,14). The van der Waals surface area contributed by atoms with Crippen LogP contribution >= 0.6 is 0 Å². The van der Waals surface area contributed by atoms with Gasteiger partial charge in [0.2, 0.25) is 0 Å². The summed E-state index contributed by atoms with van der Waals surface area (Å²) in [7, 11) is 0. The number of carbonyl (C=O) groups is 1. The number of amides is 1. The SMILES string of the molecule is O=C(O)N1CCC(CN2CCC2)CC1. The molecular weight excluding hydrogens is 180 g/mol. The first kappa shape index (κ1) is 9.77. The van der Waals surface area contributed by atoms with Crippen LogP contribution in [0.2, 0.25) is 0 Å². The number of piperidine rings is 1. The van der Waals surface area contributed by atoms with Gasteiger partial charge in [-0.25, -0.2) is 4.79 Å². The molecule has 1 amide bonds. The summed E-state index contributed by atoms with van der Waals surface area (Å²) >= 11 is 0. The third kappa shape index (κ3) is 2.18. The van der Waals surface area contributed by atoms with E-state index in [1.165, 1.54) is 31.0 Å². The summed E-state index contributed by atoms with van der Waals surface area (Å²) in [5, 5.41) is 8.78. The highest BCUT2D eigenvalue weighted by molar-refractivity contribution is 5.64. The molecule has 2 saturated heterocycles. The fraction of sp³-hybridized carbons (Fsp3) is 0.900. The van der Waals surface area contributed by atoms with Crippen LogP contribution in [0.1, 0.15) is 19.3 Å². The summed E-state index contributed by atoms with van der Waals surface area (Å²) in [5.74, 6) is 0.728. The van der Waals surface area contributed by atoms with Gasteiger partial charge in [-0.2, -0.15) is 0 Å². The maximum atomic E-state index is 10.7. The van der Waals surface area contributed by atoms with Crippen molar-refractivity contribution in [2.75, 3.05) is 32.7 Å². The van der Waals surface area contributed by atoms with Gasteiger partial charge in [-0.15, -0.1) is 0 Å². The van der Waals surface area contributed by atoms with Crippen LogP contribution in [0, 0.1) is 5.92 Å². The molecule has 0 radical (unpaired) electrons. The Balaban J connectivity index is 1.69. The van der Waals surface area contributed by atoms with E-state index in [2.05, 4.69) is 4.90 Å². The molecule has 4 heteroatoms. The third-order valence-electron chi connectivity index (χ3n) is 3.35. The maximum absolute atomic E-state index is 10.7. The van der Waals surface area contributed by atoms with E-state index in [1.54, 1.807) is 0 Å². The van der Waals surface area contributed by atoms with Crippen LogP contribution in [0.25, 0.3) is 0 Å². The molecule has 0 spiro atoms. The van der Waals surface area contributed by atoms with E-state index >= 15 is 0 Å². The molecular formula is C10H18N2O2. The lowest BCUT2D eigenvalue weighted by Gasteiger charge is -2.37. The molecule has 2 heterocycles. The molecule has 0 atom stereocenters. The topological polar surface area (TPSA) is 43.8 Å². The molecule has 14 heavy (non-hydrogen) atoms. The minimum absolute atomic E-state index is 0.728. The van der Waals surface area contributed by atoms with Crippen molar-refractivity contribution < 1.29 is 9.90 Å². The molecule has 2 aliphatic heterocycles. The predicted molar refractivity (Wildman–Crippen MR) is 53.4 cm³/mol. The molecule has 2 fully saturated rings. The number of nitrogens with zero attached hydrogens (tertiary/aromatic N) is 2. The zero-order valence-electron chi connectivity index (χ0n) is 8.48. The Labute approximate surface area is 84.5 Å². The zero-order chi connectivity index (χ0) is 9.97. The second kappa shape index (κ2) is 4.17. The summed E-state index contributed by atoms with van der Waals surface area (Å²) in [6, 6.07) is 0. The van der Waals surface area contributed by atoms with E-state index in [-0.39, 0.29) is 0 Å². The molecule has 0 bridgehead atoms. The van der Waals surface area contributed by atoms with Gasteiger partial charge in [0.05, 0.1) is 0 Å². The minimum atomic E-state index is -0.757. The molecule has 0 aliphatic carbocycles. The molecule has 0 aromatic heterocycles. The van der Waals surface area contributed by atoms with Gasteiger partial charge >= 0.3 is 6.09 Å². The fourth-order valence-corrected chi connectivity index (χ4v) is 2.24. The van der Waals surface area contributed by atoms with Gasteiger partial charge in [-0.3, -0.25) is 0 Å². The highest BCUT2D eigenvalue weighted by atomic mass is 16.4. The van der Waals surface area contributed by atoms with E-state index in [9.17, 15) is 4.79 Å². The van der Waals surface area contributed by atoms with Crippen molar-refractivity contribution in [1.82, 2.24) is 9.80 Å². The van der Waals surface area contributed by atoms with Gasteiger partial charge in [0, 0.05) is 19.6 Å². The van der Waals surface area contributed by atoms with Gasteiger partial charge in [-0.1, -0.05) is 0 Å². The predicted octanol–water partition coefficient (Wildman–Crippen LogP) is 1.08. The highest BCUT2D eigenvalue weighted by Crippen LogP contribution is 2.20. The molecule has 80 valence electrons. The molecule has 0 saturated carbocycles. The summed E-state index contributed by atoms with van der Waals surface area (Å²) in [4.78, 5) is 14.7. The Kier molecular flexibility index (Phi) is 2.91. The van der Waals surface area contributed by atoms with Crippen LogP contribution in [-0.4, -0.2) is 53.7 Å². The lowest BCUT2D eigenvalue weighted by Crippen LogP contribution is -2.44. The second-order valence-corrected chi connectivity index (χ2v) is 4.37. The molecule has 0 aromatic rings. The Hall–Kier alpha value is -0.770. The summed E-state index contributed by atoms with van der Waals surface area (Å²) < 4.78 is 0. The Morgan fingerprint density at radius 1 is 1.21 bits per heavy atom. The average molecular weight is 198 g/mol. The van der Waals surface area contributed by atoms with Crippen molar-refractivity contribution in [1.29, 1.82) is 0 Å². The number of hydrogen-bond donors (Lipinski definition) is 1. The Morgan fingerprint density at radius 3 is 2.29 bits per heavy atom. The second-order valence-electron chi connectivity index (χ2n) is 4.37. The van der Waals surface area contributed by atoms with Crippen LogP contribution in [0.3, 0.4) is 0 Å². The Morgan fingerprint density at radius 2 is 1.86 bits per heavy atom. The van der Waals surface area contributed by atoms with Crippen LogP contribution < -0.4 is 0 Å². The number of hydrogen-bond acceptors (Lipinski definition) is 2. The molecule has 2 aliphatic rings. The van der Waals surface area contributed by atoms with Crippen molar-refractivity contribution in [2.24, 2.45) is 5.92 Å². The molecule has 4 nitrogen and oxygen atoms in total. The highest BCUT2D eigenvalue weighted by Gasteiger charge is 2.25. The van der Waals surface area contributed by atoms with Crippen LogP contribution in [0.15, 0.2) is 0 Å². The van der Waals surface area contributed by atoms with Gasteiger partial charge < -0.3 is 14.9 Å². The van der Waals surface area contributed by atoms with Crippen LogP contribution in [-0.2, 0) is 0 Å². The molecule has 2 rings (SSSR count). The largest absolute Gasteiger partial charge is 0.465 e. The number of rotatable bonds is 2. The zero-order valence-corrected chi connectivity index (χ0v) is 8.48. The van der Waals surface area contributed by atoms with Crippen molar-refractivity contribution >= 4 is 6.09 Å². The first-order valence-corrected chi connectivity index (χ1v) is 5.46. The maximum Gasteiger partial charge on any atom is 0.407 e. The van der Waals surface area contributed by atoms with E-state index in [0.717, 1.165) is 31.8 Å². The first-order valence-electron chi connectivity index (χ1n) is 5.46. The van der Waals surface area contributed by atoms with Gasteiger partial charge in [-0.05, 0) is 38.3 Å². The number of carboxylic acid groups (broad SMARTS) is 1. The lowest BCUT2D eigenvalue weighted by molar-refractivity contribution is 0.0975. The Bertz CT molecular complexity index is 208. The molecule has 1 N–H and O–H groups in total. The van der Waals surface area contributed by atoms with Gasteiger partial charge in [0.15, 0.2) is 0 Å². The van der Waals surface area contributed by atoms with Crippen molar-refractivity contribution in [3.63, 3.8) is 0 Å². The van der Waals surface area contributed by atoms with Crippen LogP contribution in [0.5, 0.6) is 0 Å². The average Bonchev–Trinajstić information content (AvgIpc) is 2.12. The van der Waals surface area contributed by atoms with Crippen molar-refractivity contribution in [3.05, 3.63) is 0 Å².